The first-order valence-corrected chi connectivity index (χ1v) is 13.0. The van der Waals surface area contributed by atoms with Gasteiger partial charge in [-0.05, 0) is 74.4 Å². The zero-order valence-corrected chi connectivity index (χ0v) is 22.6. The molecular weight excluding hydrogens is 486 g/mol. The van der Waals surface area contributed by atoms with Crippen LogP contribution in [-0.2, 0) is 6.54 Å². The number of para-hydroxylation sites is 1. The molecule has 1 aliphatic heterocycles. The quantitative estimate of drug-likeness (QED) is 0.287. The van der Waals surface area contributed by atoms with Gasteiger partial charge in [-0.2, -0.15) is 5.10 Å². The summed E-state index contributed by atoms with van der Waals surface area (Å²) in [6, 6.07) is 27.7. The van der Waals surface area contributed by atoms with Gasteiger partial charge in [0.25, 0.3) is 0 Å². The lowest BCUT2D eigenvalue weighted by Crippen LogP contribution is -2.38. The van der Waals surface area contributed by atoms with Crippen LogP contribution < -0.4 is 10.1 Å². The Bertz CT molecular complexity index is 1670. The van der Waals surface area contributed by atoms with E-state index in [0.717, 1.165) is 56.6 Å². The minimum Gasteiger partial charge on any atom is -0.497 e. The zero-order chi connectivity index (χ0) is 27.1. The minimum absolute atomic E-state index is 0.178. The number of nitrogens with zero attached hydrogens (tertiary/aromatic N) is 4. The molecule has 0 radical (unpaired) electrons. The number of hydrogen-bond donors (Lipinski definition) is 1. The Morgan fingerprint density at radius 1 is 0.949 bits per heavy atom. The molecule has 7 heteroatoms. The number of aromatic nitrogens is 3. The lowest BCUT2D eigenvalue weighted by atomic mass is 10.0. The normalized spacial score (nSPS) is 14.4. The van der Waals surface area contributed by atoms with E-state index in [1.807, 2.05) is 102 Å². The summed E-state index contributed by atoms with van der Waals surface area (Å²) in [5.74, 6) is 1.68. The number of methoxy groups -OCH3 is 1. The maximum Gasteiger partial charge on any atom is 0.322 e. The molecule has 0 saturated heterocycles. The summed E-state index contributed by atoms with van der Waals surface area (Å²) in [4.78, 5) is 16.1. The fourth-order valence-electron chi connectivity index (χ4n) is 5.45. The first kappa shape index (κ1) is 24.6. The van der Waals surface area contributed by atoms with Crippen LogP contribution in [0.15, 0.2) is 91.1 Å². The third-order valence-electron chi connectivity index (χ3n) is 7.38. The molecule has 39 heavy (non-hydrogen) atoms. The predicted octanol–water partition coefficient (Wildman–Crippen LogP) is 6.73. The summed E-state index contributed by atoms with van der Waals surface area (Å²) in [6.07, 6.45) is 2.05. The average molecular weight is 518 g/mol. The Balaban J connectivity index is 1.54. The number of urea groups is 1. The van der Waals surface area contributed by atoms with Gasteiger partial charge in [0.2, 0.25) is 0 Å². The summed E-state index contributed by atoms with van der Waals surface area (Å²) in [7, 11) is 1.66. The second kappa shape index (κ2) is 9.83. The van der Waals surface area contributed by atoms with Gasteiger partial charge in [-0.25, -0.2) is 9.48 Å². The summed E-state index contributed by atoms with van der Waals surface area (Å²) < 4.78 is 9.71. The number of benzene rings is 3. The fraction of sp³-hybridized carbons (Fsp3) is 0.188. The number of carbonyl (C=O) groups is 1. The Morgan fingerprint density at radius 2 is 1.77 bits per heavy atom. The van der Waals surface area contributed by atoms with E-state index in [0.29, 0.717) is 6.54 Å². The molecule has 1 atom stereocenters. The lowest BCUT2D eigenvalue weighted by Gasteiger charge is -2.31. The van der Waals surface area contributed by atoms with Crippen molar-refractivity contribution in [2.24, 2.45) is 0 Å². The van der Waals surface area contributed by atoms with Gasteiger partial charge in [0.1, 0.15) is 11.6 Å². The van der Waals surface area contributed by atoms with Crippen molar-refractivity contribution in [3.05, 3.63) is 125 Å². The van der Waals surface area contributed by atoms with Crippen LogP contribution in [-0.4, -0.2) is 32.4 Å². The molecule has 196 valence electrons. The summed E-state index contributed by atoms with van der Waals surface area (Å²) in [6.45, 7) is 6.46. The minimum atomic E-state index is -0.364. The van der Waals surface area contributed by atoms with Crippen LogP contribution in [0.4, 0.5) is 10.5 Å². The second-order valence-corrected chi connectivity index (χ2v) is 9.99. The third-order valence-corrected chi connectivity index (χ3v) is 7.38. The zero-order valence-electron chi connectivity index (χ0n) is 22.6. The highest BCUT2D eigenvalue weighted by Crippen LogP contribution is 2.39. The number of fused-ring (bicyclic) bond motifs is 3. The van der Waals surface area contributed by atoms with E-state index in [4.69, 9.17) is 9.84 Å². The van der Waals surface area contributed by atoms with E-state index >= 15 is 0 Å². The van der Waals surface area contributed by atoms with Gasteiger partial charge in [0, 0.05) is 17.4 Å². The molecule has 2 aromatic heterocycles. The molecule has 1 N–H and O–H groups in total. The van der Waals surface area contributed by atoms with E-state index in [9.17, 15) is 4.79 Å². The molecular formula is C32H31N5O2. The van der Waals surface area contributed by atoms with E-state index in [1.54, 1.807) is 7.11 Å². The van der Waals surface area contributed by atoms with Crippen LogP contribution in [0, 0.1) is 20.8 Å². The molecule has 5 aromatic rings. The standard InChI is InChI=1S/C32H31N5O2/c1-21-15-16-28(22(2)18-21)33-32(38)36-20-27-23(3)34-37(25-11-6-5-7-12-25)31(27)35-17-9-14-29(35)30(36)24-10-8-13-26(19-24)39-4/h5-19,30H,20H2,1-4H3,(H,33,38)/t30-/m1/s1. The lowest BCUT2D eigenvalue weighted by molar-refractivity contribution is 0.194. The molecule has 6 rings (SSSR count). The smallest absolute Gasteiger partial charge is 0.322 e. The first-order valence-electron chi connectivity index (χ1n) is 13.0. The highest BCUT2D eigenvalue weighted by Gasteiger charge is 2.36. The van der Waals surface area contributed by atoms with Gasteiger partial charge in [0.15, 0.2) is 0 Å². The first-order chi connectivity index (χ1) is 18.9. The molecule has 0 unspecified atom stereocenters. The Hall–Kier alpha value is -4.78. The van der Waals surface area contributed by atoms with Crippen LogP contribution in [0.2, 0.25) is 0 Å². The Labute approximate surface area is 228 Å². The Morgan fingerprint density at radius 3 is 2.54 bits per heavy atom. The number of ether oxygens (including phenoxy) is 1. The molecule has 0 aliphatic carbocycles. The molecule has 0 bridgehead atoms. The monoisotopic (exact) mass is 517 g/mol. The molecule has 0 fully saturated rings. The topological polar surface area (TPSA) is 64.3 Å². The maximum absolute atomic E-state index is 14.2. The van der Waals surface area contributed by atoms with Gasteiger partial charge in [-0.3, -0.25) is 0 Å². The number of nitrogens with one attached hydrogen (secondary N) is 1. The van der Waals surface area contributed by atoms with E-state index in [-0.39, 0.29) is 12.1 Å². The van der Waals surface area contributed by atoms with E-state index < -0.39 is 0 Å². The van der Waals surface area contributed by atoms with Crippen LogP contribution in [0.1, 0.15) is 39.7 Å². The van der Waals surface area contributed by atoms with Gasteiger partial charge < -0.3 is 19.5 Å². The Kier molecular flexibility index (Phi) is 6.19. The maximum atomic E-state index is 14.2. The molecule has 7 nitrogen and oxygen atoms in total. The van der Waals surface area contributed by atoms with Gasteiger partial charge >= 0.3 is 6.03 Å². The van der Waals surface area contributed by atoms with Gasteiger partial charge in [-0.1, -0.05) is 48.0 Å². The van der Waals surface area contributed by atoms with Crippen molar-refractivity contribution >= 4 is 11.7 Å². The van der Waals surface area contributed by atoms with Crippen molar-refractivity contribution in [1.82, 2.24) is 19.2 Å². The number of carbonyl (C=O) groups excluding carboxylic acids is 1. The largest absolute Gasteiger partial charge is 0.497 e. The highest BCUT2D eigenvalue weighted by molar-refractivity contribution is 5.91. The molecule has 3 heterocycles. The van der Waals surface area contributed by atoms with Crippen molar-refractivity contribution in [1.29, 1.82) is 0 Å². The molecule has 0 spiro atoms. The number of rotatable bonds is 4. The molecule has 3 aromatic carbocycles. The molecule has 0 saturated carbocycles. The average Bonchev–Trinajstić information content (AvgIpc) is 3.51. The van der Waals surface area contributed by atoms with Crippen molar-refractivity contribution in [2.45, 2.75) is 33.4 Å². The number of hydrogen-bond acceptors (Lipinski definition) is 3. The number of amides is 2. The van der Waals surface area contributed by atoms with Gasteiger partial charge in [0.05, 0.1) is 36.8 Å². The van der Waals surface area contributed by atoms with Crippen LogP contribution in [0.5, 0.6) is 5.75 Å². The highest BCUT2D eigenvalue weighted by atomic mass is 16.5. The summed E-state index contributed by atoms with van der Waals surface area (Å²) >= 11 is 0. The fourth-order valence-corrected chi connectivity index (χ4v) is 5.45. The van der Waals surface area contributed by atoms with E-state index in [2.05, 4.69) is 28.9 Å². The van der Waals surface area contributed by atoms with E-state index in [1.165, 1.54) is 0 Å². The molecule has 2 amide bonds. The second-order valence-electron chi connectivity index (χ2n) is 9.99. The SMILES string of the molecule is COc1cccc([C@@H]2c3cccn3-c3c(c(C)nn3-c3ccccc3)CN2C(=O)Nc2ccc(C)cc2C)c1. The van der Waals surface area contributed by atoms with Crippen LogP contribution in [0.3, 0.4) is 0 Å². The van der Waals surface area contributed by atoms with Crippen molar-refractivity contribution < 1.29 is 9.53 Å². The van der Waals surface area contributed by atoms with Crippen molar-refractivity contribution in [3.63, 3.8) is 0 Å². The van der Waals surface area contributed by atoms with Gasteiger partial charge in [-0.15, -0.1) is 0 Å². The summed E-state index contributed by atoms with van der Waals surface area (Å²) in [5.41, 5.74) is 7.75. The predicted molar refractivity (Wildman–Crippen MR) is 153 cm³/mol. The van der Waals surface area contributed by atoms with Crippen molar-refractivity contribution in [3.8, 4) is 17.3 Å². The number of anilines is 1. The molecule has 1 aliphatic rings. The van der Waals surface area contributed by atoms with Crippen LogP contribution in [0.25, 0.3) is 11.5 Å². The van der Waals surface area contributed by atoms with Crippen LogP contribution >= 0.6 is 0 Å². The van der Waals surface area contributed by atoms with Crippen molar-refractivity contribution in [2.75, 3.05) is 12.4 Å². The summed E-state index contributed by atoms with van der Waals surface area (Å²) in [5, 5.41) is 8.12. The number of aryl methyl sites for hydroxylation is 3. The third kappa shape index (κ3) is 4.36.